The minimum atomic E-state index is -0.0131. The molecule has 1 aliphatic carbocycles. The molecule has 0 N–H and O–H groups in total. The fourth-order valence-electron chi connectivity index (χ4n) is 2.33. The maximum atomic E-state index is 5.60. The van der Waals surface area contributed by atoms with Gasteiger partial charge in [0.1, 0.15) is 0 Å². The first-order chi connectivity index (χ1) is 8.16. The molecule has 96 valence electrons. The lowest BCUT2D eigenvalue weighted by Crippen LogP contribution is -2.18. The fourth-order valence-corrected chi connectivity index (χ4v) is 2.33. The summed E-state index contributed by atoms with van der Waals surface area (Å²) in [6.45, 7) is 6.08. The molecule has 0 unspecified atom stereocenters. The summed E-state index contributed by atoms with van der Waals surface area (Å²) >= 11 is 0. The molecule has 1 heterocycles. The van der Waals surface area contributed by atoms with Gasteiger partial charge < -0.3 is 9.47 Å². The summed E-state index contributed by atoms with van der Waals surface area (Å²) in [6, 6.07) is 0. The van der Waals surface area contributed by atoms with Crippen LogP contribution >= 0.6 is 0 Å². The van der Waals surface area contributed by atoms with Crippen LogP contribution in [0.15, 0.2) is 23.8 Å². The van der Waals surface area contributed by atoms with E-state index < -0.39 is 0 Å². The normalized spacial score (nSPS) is 25.4. The van der Waals surface area contributed by atoms with E-state index >= 15 is 0 Å². The van der Waals surface area contributed by atoms with Crippen LogP contribution in [-0.2, 0) is 9.47 Å². The summed E-state index contributed by atoms with van der Waals surface area (Å²) in [7, 11) is 0. The van der Waals surface area contributed by atoms with Gasteiger partial charge in [-0.1, -0.05) is 37.6 Å². The van der Waals surface area contributed by atoms with Crippen molar-refractivity contribution in [1.29, 1.82) is 0 Å². The fraction of sp³-hybridized carbons (Fsp3) is 0.733. The van der Waals surface area contributed by atoms with Gasteiger partial charge >= 0.3 is 0 Å². The molecule has 0 saturated heterocycles. The van der Waals surface area contributed by atoms with Gasteiger partial charge in [-0.05, 0) is 31.1 Å². The zero-order valence-corrected chi connectivity index (χ0v) is 11.1. The molecule has 2 heteroatoms. The van der Waals surface area contributed by atoms with Crippen molar-refractivity contribution in [2.75, 3.05) is 13.2 Å². The molecule has 0 bridgehead atoms. The predicted octanol–water partition coefficient (Wildman–Crippen LogP) is 3.83. The number of ether oxygens (including phenoxy) is 2. The molecular formula is C15H24O2. The van der Waals surface area contributed by atoms with E-state index in [-0.39, 0.29) is 6.29 Å². The van der Waals surface area contributed by atoms with E-state index in [9.17, 15) is 0 Å². The van der Waals surface area contributed by atoms with Crippen LogP contribution in [0, 0.1) is 5.41 Å². The van der Waals surface area contributed by atoms with Crippen LogP contribution in [-0.4, -0.2) is 19.5 Å². The van der Waals surface area contributed by atoms with Gasteiger partial charge in [0, 0.05) is 6.42 Å². The van der Waals surface area contributed by atoms with Crippen LogP contribution in [0.2, 0.25) is 0 Å². The Labute approximate surface area is 105 Å². The molecule has 0 amide bonds. The summed E-state index contributed by atoms with van der Waals surface area (Å²) in [5, 5.41) is 0. The Morgan fingerprint density at radius 2 is 1.94 bits per heavy atom. The molecule has 17 heavy (non-hydrogen) atoms. The predicted molar refractivity (Wildman–Crippen MR) is 69.8 cm³/mol. The zero-order valence-electron chi connectivity index (χ0n) is 11.1. The number of rotatable bonds is 3. The Hall–Kier alpha value is -0.600. The molecule has 0 aromatic carbocycles. The van der Waals surface area contributed by atoms with Crippen LogP contribution < -0.4 is 0 Å². The second-order valence-corrected chi connectivity index (χ2v) is 5.84. The molecule has 0 aromatic rings. The van der Waals surface area contributed by atoms with Crippen LogP contribution in [0.5, 0.6) is 0 Å². The minimum absolute atomic E-state index is 0.0131. The van der Waals surface area contributed by atoms with E-state index in [0.29, 0.717) is 18.6 Å². The van der Waals surface area contributed by atoms with Crippen molar-refractivity contribution in [2.45, 2.75) is 52.2 Å². The highest BCUT2D eigenvalue weighted by Gasteiger charge is 2.21. The lowest BCUT2D eigenvalue weighted by atomic mass is 9.77. The molecular weight excluding hydrogens is 212 g/mol. The molecule has 0 saturated carbocycles. The molecule has 1 aliphatic heterocycles. The summed E-state index contributed by atoms with van der Waals surface area (Å²) in [5.74, 6) is 0. The maximum Gasteiger partial charge on any atom is 0.158 e. The summed E-state index contributed by atoms with van der Waals surface area (Å²) in [5.41, 5.74) is 2.09. The number of hydrogen-bond acceptors (Lipinski definition) is 2. The van der Waals surface area contributed by atoms with Crippen LogP contribution in [0.25, 0.3) is 0 Å². The van der Waals surface area contributed by atoms with Crippen molar-refractivity contribution in [3.05, 3.63) is 23.8 Å². The van der Waals surface area contributed by atoms with Gasteiger partial charge in [-0.15, -0.1) is 0 Å². The molecule has 2 nitrogen and oxygen atoms in total. The van der Waals surface area contributed by atoms with E-state index in [2.05, 4.69) is 19.9 Å². The van der Waals surface area contributed by atoms with E-state index in [1.807, 2.05) is 12.2 Å². The average Bonchev–Trinajstić information content (AvgIpc) is 2.56. The summed E-state index contributed by atoms with van der Waals surface area (Å²) in [4.78, 5) is 0. The molecule has 2 rings (SSSR count). The zero-order chi connectivity index (χ0) is 12.1. The van der Waals surface area contributed by atoms with Gasteiger partial charge in [-0.25, -0.2) is 0 Å². The van der Waals surface area contributed by atoms with Gasteiger partial charge in [0.15, 0.2) is 6.29 Å². The Morgan fingerprint density at radius 1 is 1.24 bits per heavy atom. The lowest BCUT2D eigenvalue weighted by Gasteiger charge is -2.29. The maximum absolute atomic E-state index is 5.60. The van der Waals surface area contributed by atoms with Crippen molar-refractivity contribution < 1.29 is 9.47 Å². The van der Waals surface area contributed by atoms with Gasteiger partial charge in [-0.3, -0.25) is 0 Å². The van der Waals surface area contributed by atoms with E-state index in [1.54, 1.807) is 5.57 Å². The van der Waals surface area contributed by atoms with Crippen molar-refractivity contribution >= 4 is 0 Å². The molecule has 2 aliphatic rings. The van der Waals surface area contributed by atoms with Crippen molar-refractivity contribution in [3.63, 3.8) is 0 Å². The Morgan fingerprint density at radius 3 is 2.53 bits per heavy atom. The third-order valence-corrected chi connectivity index (χ3v) is 3.69. The van der Waals surface area contributed by atoms with Crippen molar-refractivity contribution in [2.24, 2.45) is 5.41 Å². The quantitative estimate of drug-likeness (QED) is 0.693. The second-order valence-electron chi connectivity index (χ2n) is 5.84. The van der Waals surface area contributed by atoms with Crippen molar-refractivity contribution in [3.8, 4) is 0 Å². The smallest absolute Gasteiger partial charge is 0.158 e. The molecule has 0 fully saturated rings. The Balaban J connectivity index is 1.73. The first-order valence-electron chi connectivity index (χ1n) is 6.72. The first kappa shape index (κ1) is 12.8. The van der Waals surface area contributed by atoms with Crippen LogP contribution in [0.3, 0.4) is 0 Å². The highest BCUT2D eigenvalue weighted by Crippen LogP contribution is 2.35. The van der Waals surface area contributed by atoms with Crippen LogP contribution in [0.4, 0.5) is 0 Å². The molecule has 0 atom stereocenters. The first-order valence-corrected chi connectivity index (χ1v) is 6.72. The Bertz CT molecular complexity index is 292. The topological polar surface area (TPSA) is 18.5 Å². The summed E-state index contributed by atoms with van der Waals surface area (Å²) < 4.78 is 11.2. The highest BCUT2D eigenvalue weighted by atomic mass is 16.7. The monoisotopic (exact) mass is 236 g/mol. The third kappa shape index (κ3) is 4.29. The SMILES string of the molecule is CC1(C)CC=C(CCC2OCC=CCO2)CC1. The van der Waals surface area contributed by atoms with Crippen LogP contribution in [0.1, 0.15) is 46.0 Å². The number of hydrogen-bond donors (Lipinski definition) is 0. The lowest BCUT2D eigenvalue weighted by molar-refractivity contribution is -0.125. The van der Waals surface area contributed by atoms with Gasteiger partial charge in [0.05, 0.1) is 13.2 Å². The van der Waals surface area contributed by atoms with E-state index in [1.165, 1.54) is 19.3 Å². The Kier molecular flexibility index (Phi) is 4.41. The average molecular weight is 236 g/mol. The second kappa shape index (κ2) is 5.83. The van der Waals surface area contributed by atoms with Gasteiger partial charge in [-0.2, -0.15) is 0 Å². The standard InChI is InChI=1S/C15H24O2/c1-15(2)9-7-13(8-10-15)5-6-14-16-11-3-4-12-17-14/h3-4,7,14H,5-6,8-12H2,1-2H3. The summed E-state index contributed by atoms with van der Waals surface area (Å²) in [6.07, 6.45) is 12.4. The molecule has 0 radical (unpaired) electrons. The van der Waals surface area contributed by atoms with Gasteiger partial charge in [0.2, 0.25) is 0 Å². The van der Waals surface area contributed by atoms with E-state index in [4.69, 9.17) is 9.47 Å². The number of allylic oxidation sites excluding steroid dienone is 2. The third-order valence-electron chi connectivity index (χ3n) is 3.69. The molecule has 0 spiro atoms. The van der Waals surface area contributed by atoms with Crippen molar-refractivity contribution in [1.82, 2.24) is 0 Å². The molecule has 0 aromatic heterocycles. The highest BCUT2D eigenvalue weighted by molar-refractivity contribution is 5.08. The van der Waals surface area contributed by atoms with E-state index in [0.717, 1.165) is 12.8 Å². The minimum Gasteiger partial charge on any atom is -0.349 e. The van der Waals surface area contributed by atoms with Gasteiger partial charge in [0.25, 0.3) is 0 Å². The largest absolute Gasteiger partial charge is 0.349 e.